The molecule has 98 valence electrons. The van der Waals surface area contributed by atoms with Gasteiger partial charge in [0.15, 0.2) is 11.6 Å². The average molecular weight is 346 g/mol. The number of hydrogen-bond acceptors (Lipinski definition) is 4. The normalized spacial score (nSPS) is 12.2. The van der Waals surface area contributed by atoms with E-state index in [2.05, 4.69) is 25.9 Å². The van der Waals surface area contributed by atoms with E-state index in [1.807, 2.05) is 36.4 Å². The van der Waals surface area contributed by atoms with Gasteiger partial charge in [-0.3, -0.25) is 0 Å². The first-order valence-electron chi connectivity index (χ1n) is 5.73. The number of imidazole rings is 1. The molecular weight excluding hydrogens is 338 g/mol. The van der Waals surface area contributed by atoms with Gasteiger partial charge in [-0.25, -0.2) is 4.98 Å². The molecule has 0 saturated heterocycles. The molecule has 3 aromatic rings. The molecule has 0 radical (unpaired) electrons. The summed E-state index contributed by atoms with van der Waals surface area (Å²) >= 11 is 4.69. The second-order valence-corrected chi connectivity index (χ2v) is 6.50. The third-order valence-corrected chi connectivity index (χ3v) is 4.41. The van der Waals surface area contributed by atoms with Crippen LogP contribution in [-0.2, 0) is 0 Å². The van der Waals surface area contributed by atoms with E-state index in [1.165, 1.54) is 11.3 Å². The maximum Gasteiger partial charge on any atom is 0.154 e. The quantitative estimate of drug-likeness (QED) is 0.536. The van der Waals surface area contributed by atoms with Crippen molar-refractivity contribution in [2.45, 2.75) is 0 Å². The van der Waals surface area contributed by atoms with Crippen molar-refractivity contribution in [3.05, 3.63) is 50.9 Å². The highest BCUT2D eigenvalue weighted by Gasteiger charge is 2.15. The molecule has 0 aliphatic carbocycles. The summed E-state index contributed by atoms with van der Waals surface area (Å²) in [5.41, 5.74) is 1.72. The molecule has 2 heterocycles. The highest BCUT2D eigenvalue weighted by molar-refractivity contribution is 9.11. The summed E-state index contributed by atoms with van der Waals surface area (Å²) in [6.45, 7) is 0. The summed E-state index contributed by atoms with van der Waals surface area (Å²) < 4.78 is 0.890. The van der Waals surface area contributed by atoms with Crippen LogP contribution in [0.25, 0.3) is 22.4 Å². The number of aromatic nitrogens is 2. The number of fused-ring (bicyclic) bond motifs is 1. The number of thiophene rings is 1. The summed E-state index contributed by atoms with van der Waals surface area (Å²) in [5, 5.41) is 19.6. The van der Waals surface area contributed by atoms with Crippen molar-refractivity contribution in [3.8, 4) is 6.07 Å². The highest BCUT2D eigenvalue weighted by atomic mass is 79.9. The number of allylic oxidation sites excluding steroid dienone is 1. The van der Waals surface area contributed by atoms with E-state index >= 15 is 0 Å². The minimum atomic E-state index is -0.0674. The number of nitrogens with one attached hydrogen (secondary N) is 1. The fourth-order valence-electron chi connectivity index (χ4n) is 1.85. The molecule has 4 nitrogen and oxygen atoms in total. The standard InChI is InChI=1S/C14H8BrN3OS/c15-12-6-5-11(20-12)13(19)8(7-16)14-17-9-3-1-2-4-10(9)18-14/h1-6,19H,(H,17,18). The van der Waals surface area contributed by atoms with Gasteiger partial charge in [0, 0.05) is 0 Å². The zero-order valence-corrected chi connectivity index (χ0v) is 12.5. The summed E-state index contributed by atoms with van der Waals surface area (Å²) in [4.78, 5) is 8.00. The number of rotatable bonds is 2. The smallest absolute Gasteiger partial charge is 0.154 e. The number of aliphatic hydroxyl groups excluding tert-OH is 1. The van der Waals surface area contributed by atoms with Crippen LogP contribution in [0.4, 0.5) is 0 Å². The summed E-state index contributed by atoms with van der Waals surface area (Å²) in [5.74, 6) is 0.304. The van der Waals surface area contributed by atoms with Crippen LogP contribution in [0, 0.1) is 11.3 Å². The Kier molecular flexibility index (Phi) is 3.30. The molecule has 0 spiro atoms. The van der Waals surface area contributed by atoms with E-state index < -0.39 is 0 Å². The number of hydrogen-bond donors (Lipinski definition) is 2. The van der Waals surface area contributed by atoms with Gasteiger partial charge in [-0.1, -0.05) is 12.1 Å². The first-order valence-corrected chi connectivity index (χ1v) is 7.34. The Morgan fingerprint density at radius 1 is 1.30 bits per heavy atom. The SMILES string of the molecule is N#CC(=C(O)c1ccc(Br)s1)c1nc2ccccc2[nH]1. The number of para-hydroxylation sites is 2. The third-order valence-electron chi connectivity index (χ3n) is 2.78. The molecule has 0 unspecified atom stereocenters. The van der Waals surface area contributed by atoms with Crippen LogP contribution >= 0.6 is 27.3 Å². The lowest BCUT2D eigenvalue weighted by Crippen LogP contribution is -1.90. The summed E-state index contributed by atoms with van der Waals surface area (Å²) in [6, 6.07) is 13.1. The monoisotopic (exact) mass is 345 g/mol. The van der Waals surface area contributed by atoms with Crippen LogP contribution in [0.3, 0.4) is 0 Å². The van der Waals surface area contributed by atoms with Crippen molar-refractivity contribution < 1.29 is 5.11 Å². The Hall–Kier alpha value is -2.10. The second-order valence-electron chi connectivity index (χ2n) is 4.04. The number of aliphatic hydroxyl groups is 1. The fourth-order valence-corrected chi connectivity index (χ4v) is 3.19. The molecule has 2 N–H and O–H groups in total. The molecule has 1 aromatic carbocycles. The van der Waals surface area contributed by atoms with Crippen molar-refractivity contribution in [2.24, 2.45) is 0 Å². The van der Waals surface area contributed by atoms with Gasteiger partial charge in [0.1, 0.15) is 11.6 Å². The van der Waals surface area contributed by atoms with Crippen LogP contribution in [0.15, 0.2) is 40.2 Å². The van der Waals surface area contributed by atoms with Gasteiger partial charge < -0.3 is 10.1 Å². The molecule has 6 heteroatoms. The van der Waals surface area contributed by atoms with Gasteiger partial charge in [0.05, 0.1) is 19.7 Å². The second kappa shape index (κ2) is 5.12. The van der Waals surface area contributed by atoms with Gasteiger partial charge in [-0.15, -0.1) is 11.3 Å². The molecule has 0 atom stereocenters. The molecule has 0 aliphatic rings. The number of nitrogens with zero attached hydrogens (tertiary/aromatic N) is 2. The van der Waals surface area contributed by atoms with E-state index in [1.54, 1.807) is 6.07 Å². The fraction of sp³-hybridized carbons (Fsp3) is 0. The Morgan fingerprint density at radius 3 is 2.75 bits per heavy atom. The predicted molar refractivity (Wildman–Crippen MR) is 83.2 cm³/mol. The number of aromatic amines is 1. The van der Waals surface area contributed by atoms with Gasteiger partial charge in [0.2, 0.25) is 0 Å². The van der Waals surface area contributed by atoms with E-state index in [0.29, 0.717) is 10.7 Å². The molecule has 0 bridgehead atoms. The molecule has 0 amide bonds. The first kappa shape index (κ1) is 12.9. The zero-order valence-electron chi connectivity index (χ0n) is 10.1. The van der Waals surface area contributed by atoms with Crippen molar-refractivity contribution in [2.75, 3.05) is 0 Å². The summed E-state index contributed by atoms with van der Waals surface area (Å²) in [6.07, 6.45) is 0. The van der Waals surface area contributed by atoms with Crippen LogP contribution in [-0.4, -0.2) is 15.1 Å². The first-order chi connectivity index (χ1) is 9.69. The zero-order chi connectivity index (χ0) is 14.1. The number of halogens is 1. The van der Waals surface area contributed by atoms with E-state index in [-0.39, 0.29) is 11.3 Å². The molecule has 2 aromatic heterocycles. The lowest BCUT2D eigenvalue weighted by Gasteiger charge is -1.98. The van der Waals surface area contributed by atoms with Crippen LogP contribution in [0.1, 0.15) is 10.7 Å². The molecule has 0 fully saturated rings. The van der Waals surface area contributed by atoms with E-state index in [4.69, 9.17) is 0 Å². The van der Waals surface area contributed by atoms with Gasteiger partial charge >= 0.3 is 0 Å². The topological polar surface area (TPSA) is 72.7 Å². The molecule has 20 heavy (non-hydrogen) atoms. The van der Waals surface area contributed by atoms with Crippen molar-refractivity contribution in [1.82, 2.24) is 9.97 Å². The average Bonchev–Trinajstić information content (AvgIpc) is 3.05. The Labute approximate surface area is 127 Å². The van der Waals surface area contributed by atoms with Gasteiger partial charge in [-0.05, 0) is 40.2 Å². The van der Waals surface area contributed by atoms with Gasteiger partial charge in [-0.2, -0.15) is 5.26 Å². The Bertz CT molecular complexity index is 824. The minimum absolute atomic E-state index is 0.0674. The third kappa shape index (κ3) is 2.22. The Morgan fingerprint density at radius 2 is 2.10 bits per heavy atom. The Balaban J connectivity index is 2.16. The number of H-pyrrole nitrogens is 1. The highest BCUT2D eigenvalue weighted by Crippen LogP contribution is 2.31. The van der Waals surface area contributed by atoms with E-state index in [0.717, 1.165) is 14.8 Å². The molecular formula is C14H8BrN3OS. The molecule has 0 saturated carbocycles. The number of benzene rings is 1. The predicted octanol–water partition coefficient (Wildman–Crippen LogP) is 4.34. The lowest BCUT2D eigenvalue weighted by atomic mass is 10.2. The minimum Gasteiger partial charge on any atom is -0.505 e. The number of nitriles is 1. The van der Waals surface area contributed by atoms with Crippen LogP contribution < -0.4 is 0 Å². The van der Waals surface area contributed by atoms with Gasteiger partial charge in [0.25, 0.3) is 0 Å². The summed E-state index contributed by atoms with van der Waals surface area (Å²) in [7, 11) is 0. The lowest BCUT2D eigenvalue weighted by molar-refractivity contribution is 0.516. The van der Waals surface area contributed by atoms with Crippen molar-refractivity contribution >= 4 is 49.6 Å². The van der Waals surface area contributed by atoms with Crippen LogP contribution in [0.5, 0.6) is 0 Å². The van der Waals surface area contributed by atoms with E-state index in [9.17, 15) is 10.4 Å². The molecule has 0 aliphatic heterocycles. The largest absolute Gasteiger partial charge is 0.505 e. The van der Waals surface area contributed by atoms with Crippen molar-refractivity contribution in [3.63, 3.8) is 0 Å². The molecule has 3 rings (SSSR count). The van der Waals surface area contributed by atoms with Crippen molar-refractivity contribution in [1.29, 1.82) is 5.26 Å². The maximum absolute atomic E-state index is 10.3. The van der Waals surface area contributed by atoms with Crippen LogP contribution in [0.2, 0.25) is 0 Å². The maximum atomic E-state index is 10.3.